The highest BCUT2D eigenvalue weighted by Gasteiger charge is 2.45. The van der Waals surface area contributed by atoms with Crippen molar-refractivity contribution in [2.75, 3.05) is 44.0 Å². The summed E-state index contributed by atoms with van der Waals surface area (Å²) in [7, 11) is 1.77. The number of ether oxygens (including phenoxy) is 1. The van der Waals surface area contributed by atoms with E-state index in [-0.39, 0.29) is 5.92 Å². The Morgan fingerprint density at radius 3 is 2.76 bits per heavy atom. The van der Waals surface area contributed by atoms with Crippen molar-refractivity contribution in [2.45, 2.75) is 77.2 Å². The van der Waals surface area contributed by atoms with Gasteiger partial charge in [0.05, 0.1) is 11.1 Å². The van der Waals surface area contributed by atoms with Crippen LogP contribution in [0.2, 0.25) is 0 Å². The number of halogens is 1. The summed E-state index contributed by atoms with van der Waals surface area (Å²) in [6.45, 7) is 13.0. The highest BCUT2D eigenvalue weighted by Crippen LogP contribution is 2.46. The van der Waals surface area contributed by atoms with E-state index in [9.17, 15) is 4.79 Å². The van der Waals surface area contributed by atoms with Gasteiger partial charge in [0.2, 0.25) is 5.95 Å². The highest BCUT2D eigenvalue weighted by molar-refractivity contribution is 9.10. The number of ketones is 1. The van der Waals surface area contributed by atoms with Gasteiger partial charge in [0, 0.05) is 50.0 Å². The van der Waals surface area contributed by atoms with Crippen LogP contribution in [-0.4, -0.2) is 54.0 Å². The fourth-order valence-corrected chi connectivity index (χ4v) is 7.14. The van der Waals surface area contributed by atoms with E-state index >= 15 is 0 Å². The normalized spacial score (nSPS) is 20.0. The number of fused-ring (bicyclic) bond motifs is 1. The van der Waals surface area contributed by atoms with Crippen molar-refractivity contribution in [1.29, 1.82) is 0 Å². The van der Waals surface area contributed by atoms with E-state index in [0.29, 0.717) is 30.0 Å². The molecule has 42 heavy (non-hydrogen) atoms. The molecule has 1 aromatic heterocycles. The Morgan fingerprint density at radius 2 is 2.00 bits per heavy atom. The average molecular weight is 635 g/mol. The number of piperidine rings is 1. The van der Waals surface area contributed by atoms with Crippen LogP contribution in [-0.2, 0) is 27.9 Å². The molecule has 0 radical (unpaired) electrons. The molecule has 2 heterocycles. The first-order chi connectivity index (χ1) is 20.3. The second-order valence-corrected chi connectivity index (χ2v) is 13.0. The lowest BCUT2D eigenvalue weighted by Crippen LogP contribution is -2.36. The third kappa shape index (κ3) is 6.26. The average Bonchev–Trinajstić information content (AvgIpc) is 3.20. The number of aryl methyl sites for hydroxylation is 1. The first-order valence-corrected chi connectivity index (χ1v) is 16.1. The van der Waals surface area contributed by atoms with Crippen molar-refractivity contribution in [3.8, 4) is 0 Å². The number of nitrogens with zero attached hydrogens (tertiary/aromatic N) is 3. The molecule has 2 N–H and O–H groups in total. The van der Waals surface area contributed by atoms with E-state index in [1.54, 1.807) is 13.3 Å². The zero-order chi connectivity index (χ0) is 29.9. The minimum Gasteiger partial charge on any atom is -0.383 e. The quantitative estimate of drug-likeness (QED) is 0.229. The number of aromatic nitrogens is 2. The van der Waals surface area contributed by atoms with Crippen LogP contribution in [0.1, 0.15) is 86.6 Å². The molecule has 2 aromatic carbocycles. The summed E-state index contributed by atoms with van der Waals surface area (Å²) in [5.41, 5.74) is 6.67. The van der Waals surface area contributed by atoms with E-state index in [1.165, 1.54) is 29.5 Å². The maximum absolute atomic E-state index is 13.2. The standard InChI is InChI=1S/C34H44BrN5O2/c1-6-22-18-23(25-11-9-15-40(21-25)16-17-42-5)13-14-29(22)38-33-37-20-28(35)32(39-33)36-19-24-10-8-12-27-26(7-2)31(41)34(3,4)30(24)27/h8,10,12-14,18,20,25-26H,6-7,9,11,15-17,19,21H2,1-5H3,(H2,36,37,38,39). The summed E-state index contributed by atoms with van der Waals surface area (Å²) in [6.07, 6.45) is 5.97. The first kappa shape index (κ1) is 30.6. The zero-order valence-electron chi connectivity index (χ0n) is 25.6. The number of hydrogen-bond acceptors (Lipinski definition) is 7. The molecule has 0 saturated carbocycles. The number of likely N-dealkylation sites (tertiary alicyclic amines) is 1. The molecule has 2 aliphatic rings. The molecule has 1 fully saturated rings. The molecule has 1 saturated heterocycles. The molecule has 0 bridgehead atoms. The van der Waals surface area contributed by atoms with Crippen LogP contribution in [0.15, 0.2) is 47.1 Å². The number of nitrogens with one attached hydrogen (secondary N) is 2. The fourth-order valence-electron chi connectivity index (χ4n) is 6.81. The van der Waals surface area contributed by atoms with Crippen LogP contribution in [0, 0.1) is 0 Å². The van der Waals surface area contributed by atoms with Crippen molar-refractivity contribution in [3.05, 3.63) is 74.9 Å². The predicted molar refractivity (Wildman–Crippen MR) is 174 cm³/mol. The van der Waals surface area contributed by atoms with Crippen LogP contribution < -0.4 is 10.6 Å². The van der Waals surface area contributed by atoms with Gasteiger partial charge >= 0.3 is 0 Å². The van der Waals surface area contributed by atoms with Crippen molar-refractivity contribution < 1.29 is 9.53 Å². The van der Waals surface area contributed by atoms with Gasteiger partial charge in [-0.3, -0.25) is 4.79 Å². The maximum atomic E-state index is 13.2. The van der Waals surface area contributed by atoms with Crippen molar-refractivity contribution in [2.24, 2.45) is 0 Å². The summed E-state index contributed by atoms with van der Waals surface area (Å²) >= 11 is 3.63. The van der Waals surface area contributed by atoms with Crippen LogP contribution in [0.25, 0.3) is 0 Å². The van der Waals surface area contributed by atoms with Crippen LogP contribution >= 0.6 is 15.9 Å². The number of methoxy groups -OCH3 is 1. The lowest BCUT2D eigenvalue weighted by atomic mass is 9.82. The zero-order valence-corrected chi connectivity index (χ0v) is 27.2. The number of rotatable bonds is 11. The number of benzene rings is 2. The van der Waals surface area contributed by atoms with Gasteiger partial charge in [0.25, 0.3) is 0 Å². The van der Waals surface area contributed by atoms with Gasteiger partial charge in [-0.05, 0) is 102 Å². The topological polar surface area (TPSA) is 79.4 Å². The van der Waals surface area contributed by atoms with Crippen LogP contribution in [0.3, 0.4) is 0 Å². The summed E-state index contributed by atoms with van der Waals surface area (Å²) in [5.74, 6) is 2.09. The summed E-state index contributed by atoms with van der Waals surface area (Å²) in [5, 5.41) is 6.98. The van der Waals surface area contributed by atoms with Gasteiger partial charge in [-0.25, -0.2) is 4.98 Å². The molecule has 0 amide bonds. The number of carbonyl (C=O) groups excluding carboxylic acids is 1. The minimum absolute atomic E-state index is 0.0246. The summed E-state index contributed by atoms with van der Waals surface area (Å²) in [6, 6.07) is 13.1. The van der Waals surface area contributed by atoms with Gasteiger partial charge in [-0.2, -0.15) is 4.98 Å². The Labute approximate surface area is 259 Å². The van der Waals surface area contributed by atoms with Gasteiger partial charge in [-0.1, -0.05) is 44.2 Å². The van der Waals surface area contributed by atoms with E-state index < -0.39 is 5.41 Å². The Balaban J connectivity index is 1.31. The molecular weight excluding hydrogens is 590 g/mol. The van der Waals surface area contributed by atoms with Gasteiger partial charge in [0.15, 0.2) is 0 Å². The Morgan fingerprint density at radius 1 is 1.17 bits per heavy atom. The molecule has 3 aromatic rings. The summed E-state index contributed by atoms with van der Waals surface area (Å²) < 4.78 is 6.10. The molecule has 7 nitrogen and oxygen atoms in total. The van der Waals surface area contributed by atoms with Crippen LogP contribution in [0.5, 0.6) is 0 Å². The van der Waals surface area contributed by atoms with E-state index in [2.05, 4.69) is 101 Å². The molecule has 2 unspecified atom stereocenters. The molecule has 0 spiro atoms. The molecule has 1 aliphatic carbocycles. The van der Waals surface area contributed by atoms with Gasteiger partial charge < -0.3 is 20.3 Å². The maximum Gasteiger partial charge on any atom is 0.229 e. The number of hydrogen-bond donors (Lipinski definition) is 2. The number of Topliss-reactive ketones (excluding diaryl/α,β-unsaturated/α-hetero) is 1. The molecule has 5 rings (SSSR count). The largest absolute Gasteiger partial charge is 0.383 e. The van der Waals surface area contributed by atoms with Crippen molar-refractivity contribution in [3.63, 3.8) is 0 Å². The number of carbonyl (C=O) groups is 1. The molecular formula is C34H44BrN5O2. The minimum atomic E-state index is -0.494. The third-order valence-corrected chi connectivity index (χ3v) is 9.64. The lowest BCUT2D eigenvalue weighted by molar-refractivity contribution is -0.123. The second-order valence-electron chi connectivity index (χ2n) is 12.1. The van der Waals surface area contributed by atoms with Crippen LogP contribution in [0.4, 0.5) is 17.5 Å². The highest BCUT2D eigenvalue weighted by atomic mass is 79.9. The van der Waals surface area contributed by atoms with E-state index in [1.807, 2.05) is 0 Å². The Kier molecular flexibility index (Phi) is 9.65. The lowest BCUT2D eigenvalue weighted by Gasteiger charge is -2.33. The second kappa shape index (κ2) is 13.2. The molecule has 8 heteroatoms. The van der Waals surface area contributed by atoms with Gasteiger partial charge in [0.1, 0.15) is 11.6 Å². The monoisotopic (exact) mass is 633 g/mol. The summed E-state index contributed by atoms with van der Waals surface area (Å²) in [4.78, 5) is 25.1. The smallest absolute Gasteiger partial charge is 0.229 e. The van der Waals surface area contributed by atoms with E-state index in [4.69, 9.17) is 9.72 Å². The Bertz CT molecular complexity index is 1430. The Hall–Kier alpha value is -2.81. The third-order valence-electron chi connectivity index (χ3n) is 9.06. The molecule has 224 valence electrons. The SMILES string of the molecule is CCc1cc(C2CCCN(CCOC)C2)ccc1Nc1ncc(Br)c(NCc2cccc3c2C(C)(C)C(=O)C3CC)n1. The fraction of sp³-hybridized carbons (Fsp3) is 0.500. The van der Waals surface area contributed by atoms with Gasteiger partial charge in [-0.15, -0.1) is 0 Å². The molecule has 1 aliphatic heterocycles. The van der Waals surface area contributed by atoms with E-state index in [0.717, 1.165) is 60.4 Å². The number of anilines is 3. The van der Waals surface area contributed by atoms with Crippen molar-refractivity contribution in [1.82, 2.24) is 14.9 Å². The molecule has 2 atom stereocenters. The van der Waals surface area contributed by atoms with Crippen molar-refractivity contribution >= 4 is 39.2 Å². The first-order valence-electron chi connectivity index (χ1n) is 15.3. The predicted octanol–water partition coefficient (Wildman–Crippen LogP) is 7.34.